The molecule has 1 atom stereocenters. The van der Waals surface area contributed by atoms with Gasteiger partial charge in [-0.2, -0.15) is 0 Å². The molecule has 3 heterocycles. The van der Waals surface area contributed by atoms with Crippen molar-refractivity contribution in [3.63, 3.8) is 0 Å². The van der Waals surface area contributed by atoms with Crippen molar-refractivity contribution in [1.82, 2.24) is 14.8 Å². The number of hydrogen-bond acceptors (Lipinski definition) is 4. The third-order valence-electron chi connectivity index (χ3n) is 6.07. The summed E-state index contributed by atoms with van der Waals surface area (Å²) < 4.78 is 6.49. The van der Waals surface area contributed by atoms with Crippen LogP contribution in [0, 0.1) is 0 Å². The van der Waals surface area contributed by atoms with Gasteiger partial charge in [0.1, 0.15) is 17.0 Å². The molecule has 1 fully saturated rings. The Bertz CT molecular complexity index is 889. The number of fused-ring (bicyclic) bond motifs is 1. The molecule has 1 saturated heterocycles. The molecule has 0 radical (unpaired) electrons. The van der Waals surface area contributed by atoms with Crippen LogP contribution in [0.15, 0.2) is 48.7 Å². The predicted molar refractivity (Wildman–Crippen MR) is 110 cm³/mol. The van der Waals surface area contributed by atoms with E-state index in [9.17, 15) is 9.59 Å². The third-order valence-corrected chi connectivity index (χ3v) is 6.07. The van der Waals surface area contributed by atoms with E-state index in [4.69, 9.17) is 4.74 Å². The number of piperidine rings is 1. The molecule has 1 aromatic heterocycles. The summed E-state index contributed by atoms with van der Waals surface area (Å²) in [5.41, 5.74) is 1.26. The topological polar surface area (TPSA) is 62.7 Å². The molecule has 29 heavy (non-hydrogen) atoms. The highest BCUT2D eigenvalue weighted by molar-refractivity contribution is 5.92. The fourth-order valence-corrected chi connectivity index (χ4v) is 4.39. The minimum absolute atomic E-state index is 0.0315. The average molecular weight is 393 g/mol. The Kier molecular flexibility index (Phi) is 5.26. The maximum absolute atomic E-state index is 12.7. The highest BCUT2D eigenvalue weighted by atomic mass is 16.5. The number of nitrogens with zero attached hydrogens (tertiary/aromatic N) is 3. The number of pyridine rings is 1. The molecule has 1 aromatic carbocycles. The number of ether oxygens (including phenoxy) is 1. The number of rotatable bonds is 3. The van der Waals surface area contributed by atoms with Crippen LogP contribution in [-0.2, 0) is 4.79 Å². The summed E-state index contributed by atoms with van der Waals surface area (Å²) in [6.07, 6.45) is 4.44. The standard InChI is InChI=1S/C23H27N3O3/c1-25(2)21(27)15-17-16-23(29-20-9-4-3-7-18(17)20)10-13-26(14-11-23)22(28)19-8-5-6-12-24-19/h3-9,12,17H,10-11,13-16H2,1-2H3/t17-/m1/s1. The van der Waals surface area contributed by atoms with Crippen molar-refractivity contribution in [2.75, 3.05) is 27.2 Å². The minimum Gasteiger partial charge on any atom is -0.487 e. The van der Waals surface area contributed by atoms with Crippen LogP contribution in [0.4, 0.5) is 0 Å². The first kappa shape index (κ1) is 19.4. The molecule has 2 aliphatic heterocycles. The first-order valence-electron chi connectivity index (χ1n) is 10.2. The summed E-state index contributed by atoms with van der Waals surface area (Å²) in [7, 11) is 3.59. The molecule has 0 unspecified atom stereocenters. The van der Waals surface area contributed by atoms with E-state index in [1.165, 1.54) is 0 Å². The van der Waals surface area contributed by atoms with Crippen LogP contribution in [0.1, 0.15) is 47.7 Å². The molecule has 0 aliphatic carbocycles. The Morgan fingerprint density at radius 2 is 1.86 bits per heavy atom. The van der Waals surface area contributed by atoms with Gasteiger partial charge in [0.2, 0.25) is 5.91 Å². The summed E-state index contributed by atoms with van der Waals surface area (Å²) in [6, 6.07) is 13.4. The van der Waals surface area contributed by atoms with Crippen molar-refractivity contribution in [3.8, 4) is 5.75 Å². The molecular weight excluding hydrogens is 366 g/mol. The predicted octanol–water partition coefficient (Wildman–Crippen LogP) is 3.10. The van der Waals surface area contributed by atoms with Crippen molar-refractivity contribution in [2.24, 2.45) is 0 Å². The number of carbonyl (C=O) groups is 2. The first-order chi connectivity index (χ1) is 14.0. The van der Waals surface area contributed by atoms with Gasteiger partial charge in [0.15, 0.2) is 0 Å². The van der Waals surface area contributed by atoms with Gasteiger partial charge in [-0.25, -0.2) is 0 Å². The smallest absolute Gasteiger partial charge is 0.272 e. The quantitative estimate of drug-likeness (QED) is 0.804. The van der Waals surface area contributed by atoms with Crippen molar-refractivity contribution in [3.05, 3.63) is 59.9 Å². The fourth-order valence-electron chi connectivity index (χ4n) is 4.39. The third kappa shape index (κ3) is 3.97. The first-order valence-corrected chi connectivity index (χ1v) is 10.2. The number of carbonyl (C=O) groups excluding carboxylic acids is 2. The van der Waals surface area contributed by atoms with E-state index in [0.29, 0.717) is 25.2 Å². The molecule has 2 aliphatic rings. The van der Waals surface area contributed by atoms with E-state index in [0.717, 1.165) is 30.6 Å². The Balaban J connectivity index is 1.50. The molecular formula is C23H27N3O3. The molecule has 4 rings (SSSR count). The Morgan fingerprint density at radius 3 is 2.55 bits per heavy atom. The van der Waals surface area contributed by atoms with Gasteiger partial charge < -0.3 is 14.5 Å². The summed E-state index contributed by atoms with van der Waals surface area (Å²) >= 11 is 0. The molecule has 2 amide bonds. The van der Waals surface area contributed by atoms with Gasteiger partial charge in [-0.15, -0.1) is 0 Å². The van der Waals surface area contributed by atoms with Crippen LogP contribution in [0.5, 0.6) is 5.75 Å². The van der Waals surface area contributed by atoms with Gasteiger partial charge in [-0.3, -0.25) is 14.6 Å². The lowest BCUT2D eigenvalue weighted by Gasteiger charge is -2.47. The molecule has 152 valence electrons. The monoisotopic (exact) mass is 393 g/mol. The maximum atomic E-state index is 12.7. The van der Waals surface area contributed by atoms with Gasteiger partial charge in [0, 0.05) is 58.6 Å². The second-order valence-electron chi connectivity index (χ2n) is 8.22. The average Bonchev–Trinajstić information content (AvgIpc) is 2.74. The van der Waals surface area contributed by atoms with E-state index in [1.54, 1.807) is 31.3 Å². The summed E-state index contributed by atoms with van der Waals surface area (Å²) in [6.45, 7) is 1.26. The van der Waals surface area contributed by atoms with Gasteiger partial charge >= 0.3 is 0 Å². The van der Waals surface area contributed by atoms with E-state index < -0.39 is 0 Å². The second-order valence-corrected chi connectivity index (χ2v) is 8.22. The zero-order valence-corrected chi connectivity index (χ0v) is 17.0. The van der Waals surface area contributed by atoms with E-state index in [-0.39, 0.29) is 23.3 Å². The van der Waals surface area contributed by atoms with E-state index >= 15 is 0 Å². The zero-order valence-electron chi connectivity index (χ0n) is 17.0. The fraction of sp³-hybridized carbons (Fsp3) is 0.435. The van der Waals surface area contributed by atoms with Crippen molar-refractivity contribution >= 4 is 11.8 Å². The molecule has 0 N–H and O–H groups in total. The van der Waals surface area contributed by atoms with Gasteiger partial charge in [0.05, 0.1) is 0 Å². The summed E-state index contributed by atoms with van der Waals surface area (Å²) in [5.74, 6) is 1.10. The normalized spacial score (nSPS) is 19.9. The number of benzene rings is 1. The SMILES string of the molecule is CN(C)C(=O)C[C@@H]1CC2(CCN(C(=O)c3ccccn3)CC2)Oc2ccccc21. The molecule has 6 nitrogen and oxygen atoms in total. The van der Waals surface area contributed by atoms with Gasteiger partial charge in [-0.05, 0) is 30.2 Å². The Labute approximate surface area is 171 Å². The van der Waals surface area contributed by atoms with Crippen LogP contribution in [0.2, 0.25) is 0 Å². The van der Waals surface area contributed by atoms with Crippen LogP contribution in [0.25, 0.3) is 0 Å². The largest absolute Gasteiger partial charge is 0.487 e. The number of aromatic nitrogens is 1. The van der Waals surface area contributed by atoms with Crippen LogP contribution in [-0.4, -0.2) is 59.4 Å². The molecule has 0 saturated carbocycles. The van der Waals surface area contributed by atoms with Crippen molar-refractivity contribution < 1.29 is 14.3 Å². The summed E-state index contributed by atoms with van der Waals surface area (Å²) in [4.78, 5) is 32.8. The van der Waals surface area contributed by atoms with Crippen LogP contribution < -0.4 is 4.74 Å². The van der Waals surface area contributed by atoms with Gasteiger partial charge in [-0.1, -0.05) is 24.3 Å². The maximum Gasteiger partial charge on any atom is 0.272 e. The van der Waals surface area contributed by atoms with E-state index in [1.807, 2.05) is 35.2 Å². The molecule has 2 aromatic rings. The van der Waals surface area contributed by atoms with Crippen LogP contribution in [0.3, 0.4) is 0 Å². The highest BCUT2D eigenvalue weighted by Crippen LogP contribution is 2.46. The van der Waals surface area contributed by atoms with Crippen molar-refractivity contribution in [1.29, 1.82) is 0 Å². The van der Waals surface area contributed by atoms with E-state index in [2.05, 4.69) is 11.1 Å². The second kappa shape index (κ2) is 7.85. The number of para-hydroxylation sites is 1. The highest BCUT2D eigenvalue weighted by Gasteiger charge is 2.44. The number of hydrogen-bond donors (Lipinski definition) is 0. The van der Waals surface area contributed by atoms with Crippen molar-refractivity contribution in [2.45, 2.75) is 37.2 Å². The molecule has 0 bridgehead atoms. The summed E-state index contributed by atoms with van der Waals surface area (Å²) in [5, 5.41) is 0. The Hall–Kier alpha value is -2.89. The lowest BCUT2D eigenvalue weighted by atomic mass is 9.76. The Morgan fingerprint density at radius 1 is 1.14 bits per heavy atom. The lowest BCUT2D eigenvalue weighted by Crippen LogP contribution is -2.52. The minimum atomic E-state index is -0.327. The number of amides is 2. The zero-order chi connectivity index (χ0) is 20.4. The van der Waals surface area contributed by atoms with Crippen LogP contribution >= 0.6 is 0 Å². The van der Waals surface area contributed by atoms with Gasteiger partial charge in [0.25, 0.3) is 5.91 Å². The lowest BCUT2D eigenvalue weighted by molar-refractivity contribution is -0.129. The number of likely N-dealkylation sites (tertiary alicyclic amines) is 1. The molecule has 6 heteroatoms. The molecule has 1 spiro atoms.